The Morgan fingerprint density at radius 2 is 1.00 bits per heavy atom. The predicted molar refractivity (Wildman–Crippen MR) is 114 cm³/mol. The lowest BCUT2D eigenvalue weighted by Gasteiger charge is -2.31. The van der Waals surface area contributed by atoms with E-state index in [1.807, 2.05) is 0 Å². The summed E-state index contributed by atoms with van der Waals surface area (Å²) in [5.74, 6) is 2.81. The highest BCUT2D eigenvalue weighted by Crippen LogP contribution is 2.19. The molecule has 3 rings (SSSR count). The molecule has 0 bridgehead atoms. The molecule has 0 saturated carbocycles. The molecule has 0 aromatic carbocycles. The maximum absolute atomic E-state index is 2.43. The Balaban J connectivity index is 0.000000341. The number of piperidine rings is 3. The van der Waals surface area contributed by atoms with Gasteiger partial charge in [-0.25, -0.2) is 0 Å². The summed E-state index contributed by atoms with van der Waals surface area (Å²) in [7, 11) is 6.61. The van der Waals surface area contributed by atoms with Crippen LogP contribution in [0.25, 0.3) is 0 Å². The number of nitrogens with zero attached hydrogens (tertiary/aromatic N) is 3. The van der Waals surface area contributed by atoms with E-state index in [1.54, 1.807) is 0 Å². The van der Waals surface area contributed by atoms with Gasteiger partial charge in [-0.15, -0.1) is 0 Å². The highest BCUT2D eigenvalue weighted by atomic mass is 15.1. The quantitative estimate of drug-likeness (QED) is 0.624. The fourth-order valence-corrected chi connectivity index (χ4v) is 4.16. The Labute approximate surface area is 160 Å². The Kier molecular flexibility index (Phi) is 13.9. The minimum absolute atomic E-state index is 0. The van der Waals surface area contributed by atoms with E-state index in [2.05, 4.69) is 56.6 Å². The smallest absolute Gasteiger partial charge is 0.000419 e. The molecule has 3 heteroatoms. The molecule has 3 saturated heterocycles. The van der Waals surface area contributed by atoms with Crippen LogP contribution >= 0.6 is 0 Å². The van der Waals surface area contributed by atoms with Crippen LogP contribution in [0, 0.1) is 17.8 Å². The summed E-state index contributed by atoms with van der Waals surface area (Å²) in [6, 6.07) is 0. The van der Waals surface area contributed by atoms with Crippen LogP contribution in [0.3, 0.4) is 0 Å². The maximum atomic E-state index is 2.43. The molecule has 0 N–H and O–H groups in total. The van der Waals surface area contributed by atoms with Gasteiger partial charge in [0.05, 0.1) is 0 Å². The minimum Gasteiger partial charge on any atom is -0.306 e. The second kappa shape index (κ2) is 14.0. The zero-order valence-corrected chi connectivity index (χ0v) is 17.6. The van der Waals surface area contributed by atoms with Crippen molar-refractivity contribution < 1.29 is 0 Å². The van der Waals surface area contributed by atoms with Crippen LogP contribution in [0.5, 0.6) is 0 Å². The number of rotatable bonds is 0. The first-order chi connectivity index (χ1) is 11.4. The number of hydrogen-bond donors (Lipinski definition) is 0. The molecule has 2 atom stereocenters. The van der Waals surface area contributed by atoms with Crippen LogP contribution in [0.2, 0.25) is 0 Å². The molecule has 3 fully saturated rings. The van der Waals surface area contributed by atoms with Crippen molar-refractivity contribution in [3.8, 4) is 0 Å². The molecule has 3 nitrogen and oxygen atoms in total. The normalized spacial score (nSPS) is 29.5. The molecular formula is C22H49N3. The Hall–Kier alpha value is -0.120. The van der Waals surface area contributed by atoms with Crippen molar-refractivity contribution in [2.24, 2.45) is 17.8 Å². The summed E-state index contributed by atoms with van der Waals surface area (Å²) < 4.78 is 0. The molecule has 3 aliphatic heterocycles. The Morgan fingerprint density at radius 3 is 1.32 bits per heavy atom. The summed E-state index contributed by atoms with van der Waals surface area (Å²) in [5.41, 5.74) is 0. The first-order valence-electron chi connectivity index (χ1n) is 10.4. The standard InChI is InChI=1S/C8H17N.C7H15N.C6H13N.CH4/c1-7-4-8(2)6-9(3)5-7;1-7-3-5-8(2)6-4-7;1-7-5-3-2-4-6-7;/h7-8H,4-6H2,1-3H3;7H,3-6H2,1-2H3;2-6H2,1H3;1H4. The second-order valence-electron chi connectivity index (χ2n) is 9.02. The van der Waals surface area contributed by atoms with Crippen molar-refractivity contribution in [1.29, 1.82) is 0 Å². The molecule has 3 heterocycles. The van der Waals surface area contributed by atoms with Crippen molar-refractivity contribution in [3.05, 3.63) is 0 Å². The number of hydrogen-bond acceptors (Lipinski definition) is 3. The van der Waals surface area contributed by atoms with Crippen molar-refractivity contribution >= 4 is 0 Å². The van der Waals surface area contributed by atoms with Gasteiger partial charge in [-0.2, -0.15) is 0 Å². The fraction of sp³-hybridized carbons (Fsp3) is 1.00. The molecule has 3 aliphatic rings. The summed E-state index contributed by atoms with van der Waals surface area (Å²) in [6.07, 6.45) is 8.49. The van der Waals surface area contributed by atoms with Crippen molar-refractivity contribution in [2.45, 2.75) is 66.7 Å². The lowest BCUT2D eigenvalue weighted by atomic mass is 9.92. The largest absolute Gasteiger partial charge is 0.306 e. The van der Waals surface area contributed by atoms with Gasteiger partial charge in [0.1, 0.15) is 0 Å². The van der Waals surface area contributed by atoms with E-state index in [0.717, 1.165) is 17.8 Å². The van der Waals surface area contributed by atoms with Gasteiger partial charge in [0.15, 0.2) is 0 Å². The van der Waals surface area contributed by atoms with Crippen LogP contribution in [0.4, 0.5) is 0 Å². The zero-order valence-electron chi connectivity index (χ0n) is 17.6. The fourth-order valence-electron chi connectivity index (χ4n) is 4.16. The molecule has 0 aliphatic carbocycles. The summed E-state index contributed by atoms with van der Waals surface area (Å²) in [4.78, 5) is 7.22. The van der Waals surface area contributed by atoms with Crippen LogP contribution in [-0.2, 0) is 0 Å². The van der Waals surface area contributed by atoms with E-state index < -0.39 is 0 Å². The average Bonchev–Trinajstić information content (AvgIpc) is 2.51. The summed E-state index contributed by atoms with van der Waals surface area (Å²) in [6.45, 7) is 14.9. The van der Waals surface area contributed by atoms with E-state index in [1.165, 1.54) is 77.8 Å². The SMILES string of the molecule is C.CC1CC(C)CN(C)C1.CC1CCN(C)CC1.CN1CCCCC1. The summed E-state index contributed by atoms with van der Waals surface area (Å²) >= 11 is 0. The van der Waals surface area contributed by atoms with Crippen LogP contribution in [-0.4, -0.2) is 75.1 Å². The predicted octanol–water partition coefficient (Wildman–Crippen LogP) is 4.68. The van der Waals surface area contributed by atoms with Crippen LogP contribution in [0.1, 0.15) is 66.7 Å². The topological polar surface area (TPSA) is 9.72 Å². The zero-order chi connectivity index (χ0) is 17.9. The molecule has 0 spiro atoms. The van der Waals surface area contributed by atoms with Gasteiger partial charge in [0.2, 0.25) is 0 Å². The lowest BCUT2D eigenvalue weighted by molar-refractivity contribution is 0.171. The average molecular weight is 356 g/mol. The Bertz CT molecular complexity index is 259. The van der Waals surface area contributed by atoms with Crippen molar-refractivity contribution in [3.63, 3.8) is 0 Å². The highest BCUT2D eigenvalue weighted by molar-refractivity contribution is 4.71. The van der Waals surface area contributed by atoms with Gasteiger partial charge < -0.3 is 14.7 Å². The Morgan fingerprint density at radius 1 is 0.560 bits per heavy atom. The maximum Gasteiger partial charge on any atom is 0.000419 e. The molecule has 2 unspecified atom stereocenters. The molecule has 25 heavy (non-hydrogen) atoms. The second-order valence-corrected chi connectivity index (χ2v) is 9.02. The van der Waals surface area contributed by atoms with E-state index in [9.17, 15) is 0 Å². The van der Waals surface area contributed by atoms with Gasteiger partial charge >= 0.3 is 0 Å². The van der Waals surface area contributed by atoms with Crippen molar-refractivity contribution in [2.75, 3.05) is 60.4 Å². The third-order valence-corrected chi connectivity index (χ3v) is 5.64. The third-order valence-electron chi connectivity index (χ3n) is 5.64. The molecule has 0 radical (unpaired) electrons. The number of likely N-dealkylation sites (tertiary alicyclic amines) is 3. The first-order valence-corrected chi connectivity index (χ1v) is 10.4. The molecule has 152 valence electrons. The van der Waals surface area contributed by atoms with Gasteiger partial charge in [0, 0.05) is 13.1 Å². The molecule has 0 amide bonds. The minimum atomic E-state index is 0. The van der Waals surface area contributed by atoms with Gasteiger partial charge in [-0.1, -0.05) is 34.6 Å². The molecule has 0 aromatic rings. The summed E-state index contributed by atoms with van der Waals surface area (Å²) in [5, 5.41) is 0. The molecule has 0 aromatic heterocycles. The highest BCUT2D eigenvalue weighted by Gasteiger charge is 2.18. The monoisotopic (exact) mass is 355 g/mol. The van der Waals surface area contributed by atoms with Gasteiger partial charge in [0.25, 0.3) is 0 Å². The van der Waals surface area contributed by atoms with Gasteiger partial charge in [-0.05, 0) is 97.2 Å². The van der Waals surface area contributed by atoms with E-state index in [-0.39, 0.29) is 7.43 Å². The van der Waals surface area contributed by atoms with Crippen LogP contribution in [0.15, 0.2) is 0 Å². The first kappa shape index (κ1) is 24.9. The van der Waals surface area contributed by atoms with E-state index in [4.69, 9.17) is 0 Å². The van der Waals surface area contributed by atoms with Gasteiger partial charge in [-0.3, -0.25) is 0 Å². The van der Waals surface area contributed by atoms with E-state index >= 15 is 0 Å². The van der Waals surface area contributed by atoms with Crippen LogP contribution < -0.4 is 0 Å². The third kappa shape index (κ3) is 12.8. The van der Waals surface area contributed by atoms with E-state index in [0.29, 0.717) is 0 Å². The molecular weight excluding hydrogens is 306 g/mol. The van der Waals surface area contributed by atoms with Crippen molar-refractivity contribution in [1.82, 2.24) is 14.7 Å². The lowest BCUT2D eigenvalue weighted by Crippen LogP contribution is -2.35.